The first-order chi connectivity index (χ1) is 13.7. The second kappa shape index (κ2) is 6.67. The Balaban J connectivity index is 1.56. The maximum Gasteiger partial charge on any atom is 0.226 e. The van der Waals surface area contributed by atoms with Gasteiger partial charge in [0.15, 0.2) is 5.78 Å². The fourth-order valence-corrected chi connectivity index (χ4v) is 4.10. The zero-order valence-corrected chi connectivity index (χ0v) is 15.5. The van der Waals surface area contributed by atoms with Gasteiger partial charge in [0.05, 0.1) is 12.9 Å². The monoisotopic (exact) mass is 376 g/mol. The molecule has 1 aliphatic carbocycles. The summed E-state index contributed by atoms with van der Waals surface area (Å²) in [5.74, 6) is 2.43. The van der Waals surface area contributed by atoms with Gasteiger partial charge in [0.25, 0.3) is 0 Å². The fraction of sp³-hybridized carbons (Fsp3) is 0.286. The summed E-state index contributed by atoms with van der Waals surface area (Å²) in [4.78, 5) is 17.5. The SMILES string of the molecule is CCOc1ccc([C@H]2C3=C(C[C@@H](c4ccco4)CC3=O)Nc3ncnn32)cc1. The maximum atomic E-state index is 13.2. The van der Waals surface area contributed by atoms with Gasteiger partial charge in [-0.05, 0) is 43.2 Å². The second-order valence-electron chi connectivity index (χ2n) is 6.99. The first-order valence-corrected chi connectivity index (χ1v) is 9.43. The van der Waals surface area contributed by atoms with E-state index in [1.807, 2.05) is 43.3 Å². The molecule has 2 aliphatic rings. The lowest BCUT2D eigenvalue weighted by molar-refractivity contribution is -0.117. The number of aromatic nitrogens is 3. The molecule has 28 heavy (non-hydrogen) atoms. The van der Waals surface area contributed by atoms with Crippen LogP contribution < -0.4 is 10.1 Å². The number of allylic oxidation sites excluding steroid dienone is 2. The minimum atomic E-state index is -0.297. The lowest BCUT2D eigenvalue weighted by atomic mass is 9.79. The van der Waals surface area contributed by atoms with Crippen LogP contribution >= 0.6 is 0 Å². The molecule has 142 valence electrons. The predicted octanol–water partition coefficient (Wildman–Crippen LogP) is 3.69. The Morgan fingerprint density at radius 3 is 2.86 bits per heavy atom. The largest absolute Gasteiger partial charge is 0.494 e. The highest BCUT2D eigenvalue weighted by Gasteiger charge is 2.39. The number of hydrogen-bond donors (Lipinski definition) is 1. The highest BCUT2D eigenvalue weighted by molar-refractivity contribution is 6.00. The van der Waals surface area contributed by atoms with Crippen molar-refractivity contribution in [3.8, 4) is 5.75 Å². The third-order valence-corrected chi connectivity index (χ3v) is 5.31. The molecule has 2 atom stereocenters. The molecule has 1 aromatic carbocycles. The van der Waals surface area contributed by atoms with Crippen LogP contribution in [0.1, 0.15) is 43.0 Å². The van der Waals surface area contributed by atoms with Gasteiger partial charge < -0.3 is 14.5 Å². The highest BCUT2D eigenvalue weighted by Crippen LogP contribution is 2.43. The van der Waals surface area contributed by atoms with Crippen LogP contribution in [0.3, 0.4) is 0 Å². The first kappa shape index (κ1) is 16.8. The van der Waals surface area contributed by atoms with E-state index in [-0.39, 0.29) is 17.7 Å². The summed E-state index contributed by atoms with van der Waals surface area (Å²) in [7, 11) is 0. The molecule has 0 saturated heterocycles. The molecule has 0 fully saturated rings. The van der Waals surface area contributed by atoms with Crippen molar-refractivity contribution in [3.63, 3.8) is 0 Å². The minimum absolute atomic E-state index is 0.0317. The van der Waals surface area contributed by atoms with Crippen molar-refractivity contribution >= 4 is 11.7 Å². The number of rotatable bonds is 4. The Kier molecular flexibility index (Phi) is 4.00. The van der Waals surface area contributed by atoms with Gasteiger partial charge in [0.2, 0.25) is 5.95 Å². The van der Waals surface area contributed by atoms with E-state index < -0.39 is 0 Å². The topological polar surface area (TPSA) is 82.2 Å². The predicted molar refractivity (Wildman–Crippen MR) is 102 cm³/mol. The van der Waals surface area contributed by atoms with E-state index in [9.17, 15) is 4.79 Å². The van der Waals surface area contributed by atoms with Gasteiger partial charge in [0.1, 0.15) is 23.9 Å². The normalized spacial score (nSPS) is 21.1. The average molecular weight is 376 g/mol. The smallest absolute Gasteiger partial charge is 0.226 e. The molecule has 5 rings (SSSR count). The molecule has 7 nitrogen and oxygen atoms in total. The van der Waals surface area contributed by atoms with E-state index in [1.54, 1.807) is 10.9 Å². The van der Waals surface area contributed by atoms with Crippen molar-refractivity contribution in [2.75, 3.05) is 11.9 Å². The van der Waals surface area contributed by atoms with Crippen LogP contribution in [0.5, 0.6) is 5.75 Å². The summed E-state index contributed by atoms with van der Waals surface area (Å²) in [6, 6.07) is 11.3. The summed E-state index contributed by atoms with van der Waals surface area (Å²) in [6.45, 7) is 2.57. The van der Waals surface area contributed by atoms with Crippen molar-refractivity contribution in [2.45, 2.75) is 31.7 Å². The fourth-order valence-electron chi connectivity index (χ4n) is 4.10. The molecule has 3 heterocycles. The number of fused-ring (bicyclic) bond motifs is 1. The molecule has 0 amide bonds. The van der Waals surface area contributed by atoms with E-state index in [0.29, 0.717) is 25.4 Å². The third kappa shape index (κ3) is 2.70. The molecule has 1 aliphatic heterocycles. The summed E-state index contributed by atoms with van der Waals surface area (Å²) in [5.41, 5.74) is 2.64. The van der Waals surface area contributed by atoms with E-state index in [2.05, 4.69) is 15.4 Å². The van der Waals surface area contributed by atoms with E-state index in [1.165, 1.54) is 6.33 Å². The molecular formula is C21H20N4O3. The maximum absolute atomic E-state index is 13.2. The number of benzene rings is 1. The van der Waals surface area contributed by atoms with E-state index >= 15 is 0 Å². The first-order valence-electron chi connectivity index (χ1n) is 9.43. The molecule has 0 saturated carbocycles. The van der Waals surface area contributed by atoms with Crippen LogP contribution in [0.4, 0.5) is 5.95 Å². The summed E-state index contributed by atoms with van der Waals surface area (Å²) < 4.78 is 12.9. The zero-order chi connectivity index (χ0) is 19.1. The molecular weight excluding hydrogens is 356 g/mol. The van der Waals surface area contributed by atoms with Gasteiger partial charge in [-0.2, -0.15) is 10.1 Å². The number of carbonyl (C=O) groups excluding carboxylic acids is 1. The number of nitrogens with zero attached hydrogens (tertiary/aromatic N) is 3. The summed E-state index contributed by atoms with van der Waals surface area (Å²) >= 11 is 0. The summed E-state index contributed by atoms with van der Waals surface area (Å²) in [5, 5.41) is 7.69. The number of ketones is 1. The van der Waals surface area contributed by atoms with Crippen LogP contribution in [0.2, 0.25) is 0 Å². The average Bonchev–Trinajstić information content (AvgIpc) is 3.39. The zero-order valence-electron chi connectivity index (χ0n) is 15.5. The number of furan rings is 1. The Morgan fingerprint density at radius 2 is 2.11 bits per heavy atom. The molecule has 0 radical (unpaired) electrons. The number of Topliss-reactive ketones (excluding diaryl/α,β-unsaturated/α-hetero) is 1. The number of nitrogens with one attached hydrogen (secondary N) is 1. The molecule has 1 N–H and O–H groups in total. The second-order valence-corrected chi connectivity index (χ2v) is 6.99. The van der Waals surface area contributed by atoms with Gasteiger partial charge in [-0.25, -0.2) is 4.68 Å². The van der Waals surface area contributed by atoms with Crippen molar-refractivity contribution in [1.29, 1.82) is 0 Å². The van der Waals surface area contributed by atoms with Crippen LogP contribution in [0.25, 0.3) is 0 Å². The Hall–Kier alpha value is -3.35. The van der Waals surface area contributed by atoms with Gasteiger partial charge >= 0.3 is 0 Å². The number of anilines is 1. The minimum Gasteiger partial charge on any atom is -0.494 e. The van der Waals surface area contributed by atoms with Gasteiger partial charge in [-0.1, -0.05) is 12.1 Å². The third-order valence-electron chi connectivity index (χ3n) is 5.31. The van der Waals surface area contributed by atoms with Gasteiger partial charge in [-0.15, -0.1) is 0 Å². The molecule has 0 spiro atoms. The van der Waals surface area contributed by atoms with Gasteiger partial charge in [0, 0.05) is 23.6 Å². The number of hydrogen-bond acceptors (Lipinski definition) is 6. The van der Waals surface area contributed by atoms with Crippen LogP contribution in [0.15, 0.2) is 64.7 Å². The standard InChI is InChI=1S/C21H20N4O3/c1-2-27-15-7-5-13(6-8-15)20-19-16(24-21-22-12-23-25(20)21)10-14(11-17(19)26)18-4-3-9-28-18/h3-9,12,14,20H,2,10-11H2,1H3,(H,22,23,24)/t14-,20+/m1/s1. The highest BCUT2D eigenvalue weighted by atomic mass is 16.5. The van der Waals surface area contributed by atoms with Crippen molar-refractivity contribution in [2.24, 2.45) is 0 Å². The van der Waals surface area contributed by atoms with E-state index in [0.717, 1.165) is 28.3 Å². The van der Waals surface area contributed by atoms with Crippen molar-refractivity contribution in [1.82, 2.24) is 14.8 Å². The quantitative estimate of drug-likeness (QED) is 0.748. The van der Waals surface area contributed by atoms with Gasteiger partial charge in [-0.3, -0.25) is 4.79 Å². The van der Waals surface area contributed by atoms with Crippen LogP contribution in [-0.4, -0.2) is 27.2 Å². The Labute approximate surface area is 162 Å². The van der Waals surface area contributed by atoms with Crippen LogP contribution in [-0.2, 0) is 4.79 Å². The lowest BCUT2D eigenvalue weighted by Gasteiger charge is -2.34. The molecule has 3 aromatic rings. The summed E-state index contributed by atoms with van der Waals surface area (Å²) in [6.07, 6.45) is 4.29. The van der Waals surface area contributed by atoms with Crippen molar-refractivity contribution in [3.05, 3.63) is 71.6 Å². The number of carbonyl (C=O) groups is 1. The number of ether oxygens (including phenoxy) is 1. The molecule has 2 aromatic heterocycles. The molecule has 0 bridgehead atoms. The van der Waals surface area contributed by atoms with E-state index in [4.69, 9.17) is 9.15 Å². The van der Waals surface area contributed by atoms with Crippen LogP contribution in [0, 0.1) is 0 Å². The lowest BCUT2D eigenvalue weighted by Crippen LogP contribution is -2.33. The van der Waals surface area contributed by atoms with Crippen molar-refractivity contribution < 1.29 is 13.9 Å². The Morgan fingerprint density at radius 1 is 1.25 bits per heavy atom. The molecule has 0 unspecified atom stereocenters. The Bertz CT molecular complexity index is 1030. The molecule has 7 heteroatoms.